The second kappa shape index (κ2) is 32.1. The van der Waals surface area contributed by atoms with E-state index in [0.29, 0.717) is 17.4 Å². The normalized spacial score (nSPS) is 15.3. The molecule has 0 saturated carbocycles. The number of nitrogens with zero attached hydrogens (tertiary/aromatic N) is 1. The number of carbonyl (C=O) groups is 1. The van der Waals surface area contributed by atoms with Gasteiger partial charge in [-0.15, -0.1) is 0 Å². The van der Waals surface area contributed by atoms with E-state index in [0.717, 1.165) is 70.6 Å². The first-order chi connectivity index (χ1) is 23.5. The highest BCUT2D eigenvalue weighted by Crippen LogP contribution is 2.38. The number of nitrogens with one attached hydrogen (secondary N) is 1. The summed E-state index contributed by atoms with van der Waals surface area (Å²) in [5.41, 5.74) is 0. The zero-order valence-electron chi connectivity index (χ0n) is 31.9. The minimum atomic E-state index is -4.59. The van der Waals surface area contributed by atoms with E-state index in [2.05, 4.69) is 67.8 Å². The lowest BCUT2D eigenvalue weighted by molar-refractivity contribution is -0.870. The minimum absolute atomic E-state index is 0.0115. The molecule has 284 valence electrons. The van der Waals surface area contributed by atoms with Gasteiger partial charge in [0, 0.05) is 6.42 Å². The summed E-state index contributed by atoms with van der Waals surface area (Å²) in [5.74, 6) is -0.224. The summed E-state index contributed by atoms with van der Waals surface area (Å²) in [6, 6.07) is -0.907. The van der Waals surface area contributed by atoms with E-state index >= 15 is 0 Å². The van der Waals surface area contributed by atoms with Gasteiger partial charge in [-0.2, -0.15) is 0 Å². The van der Waals surface area contributed by atoms with Crippen molar-refractivity contribution >= 4 is 13.7 Å². The van der Waals surface area contributed by atoms with Gasteiger partial charge in [0.15, 0.2) is 0 Å². The molecule has 0 bridgehead atoms. The molecule has 3 atom stereocenters. The van der Waals surface area contributed by atoms with Crippen LogP contribution in [0.4, 0.5) is 0 Å². The number of aliphatic hydroxyl groups is 1. The monoisotopic (exact) mass is 709 g/mol. The highest BCUT2D eigenvalue weighted by molar-refractivity contribution is 7.45. The molecule has 1 amide bonds. The number of hydrogen-bond donors (Lipinski definition) is 2. The summed E-state index contributed by atoms with van der Waals surface area (Å²) in [6.07, 6.45) is 39.8. The van der Waals surface area contributed by atoms with E-state index in [9.17, 15) is 19.4 Å². The summed E-state index contributed by atoms with van der Waals surface area (Å²) in [6.45, 7) is 4.43. The molecule has 0 aromatic carbocycles. The number of amides is 1. The molecule has 49 heavy (non-hydrogen) atoms. The minimum Gasteiger partial charge on any atom is -0.756 e. The topological polar surface area (TPSA) is 108 Å². The Hall–Kier alpha value is -1.80. The predicted octanol–water partition coefficient (Wildman–Crippen LogP) is 9.27. The van der Waals surface area contributed by atoms with Gasteiger partial charge in [-0.1, -0.05) is 126 Å². The van der Waals surface area contributed by atoms with E-state index in [4.69, 9.17) is 9.05 Å². The molecule has 8 nitrogen and oxygen atoms in total. The number of quaternary nitrogens is 1. The molecule has 0 saturated heterocycles. The first-order valence-electron chi connectivity index (χ1n) is 19.2. The molecule has 0 aromatic heterocycles. The van der Waals surface area contributed by atoms with E-state index < -0.39 is 26.6 Å². The first-order valence-corrected chi connectivity index (χ1v) is 20.6. The molecular weight excluding hydrogens is 635 g/mol. The van der Waals surface area contributed by atoms with Gasteiger partial charge < -0.3 is 28.8 Å². The fraction of sp³-hybridized carbons (Fsp3) is 0.725. The van der Waals surface area contributed by atoms with Crippen LogP contribution in [0.1, 0.15) is 136 Å². The molecule has 0 radical (unpaired) electrons. The van der Waals surface area contributed by atoms with Crippen LogP contribution in [0.2, 0.25) is 0 Å². The fourth-order valence-electron chi connectivity index (χ4n) is 4.89. The average Bonchev–Trinajstić information content (AvgIpc) is 3.04. The van der Waals surface area contributed by atoms with Crippen molar-refractivity contribution in [3.63, 3.8) is 0 Å². The summed E-state index contributed by atoms with van der Waals surface area (Å²) in [4.78, 5) is 25.1. The molecular formula is C40H73N2O6P. The van der Waals surface area contributed by atoms with Crippen LogP contribution in [0, 0.1) is 0 Å². The van der Waals surface area contributed by atoms with Crippen molar-refractivity contribution < 1.29 is 32.9 Å². The number of likely N-dealkylation sites (N-methyl/N-ethyl adjacent to an activating group) is 1. The Balaban J connectivity index is 4.53. The summed E-state index contributed by atoms with van der Waals surface area (Å²) >= 11 is 0. The molecule has 0 aliphatic heterocycles. The summed E-state index contributed by atoms with van der Waals surface area (Å²) in [7, 11) is 1.22. The molecule has 0 aliphatic rings. The van der Waals surface area contributed by atoms with Crippen LogP contribution >= 0.6 is 7.82 Å². The van der Waals surface area contributed by atoms with Crippen LogP contribution < -0.4 is 10.2 Å². The third-order valence-electron chi connectivity index (χ3n) is 7.96. The van der Waals surface area contributed by atoms with Crippen molar-refractivity contribution in [1.82, 2.24) is 5.32 Å². The fourth-order valence-corrected chi connectivity index (χ4v) is 5.61. The molecule has 3 unspecified atom stereocenters. The molecule has 0 aromatic rings. The third kappa shape index (κ3) is 34.4. The number of aliphatic hydroxyl groups excluding tert-OH is 1. The zero-order valence-corrected chi connectivity index (χ0v) is 32.8. The van der Waals surface area contributed by atoms with Crippen molar-refractivity contribution in [2.45, 2.75) is 148 Å². The van der Waals surface area contributed by atoms with Gasteiger partial charge >= 0.3 is 0 Å². The van der Waals surface area contributed by atoms with Gasteiger partial charge in [-0.05, 0) is 64.2 Å². The second-order valence-corrected chi connectivity index (χ2v) is 15.3. The number of phosphoric ester groups is 1. The van der Waals surface area contributed by atoms with Crippen molar-refractivity contribution in [3.8, 4) is 0 Å². The zero-order chi connectivity index (χ0) is 36.5. The molecule has 0 rings (SSSR count). The smallest absolute Gasteiger partial charge is 0.268 e. The van der Waals surface area contributed by atoms with Gasteiger partial charge in [-0.3, -0.25) is 9.36 Å². The number of rotatable bonds is 33. The molecule has 0 heterocycles. The van der Waals surface area contributed by atoms with E-state index in [1.807, 2.05) is 27.2 Å². The largest absolute Gasteiger partial charge is 0.756 e. The van der Waals surface area contributed by atoms with Crippen LogP contribution in [0.5, 0.6) is 0 Å². The highest BCUT2D eigenvalue weighted by Gasteiger charge is 2.23. The summed E-state index contributed by atoms with van der Waals surface area (Å²) in [5, 5.41) is 13.6. The SMILES string of the molecule is CC/C=C\C/C=C\C/C=C\CCCCCCCCCC(=O)NC(COP(=O)([O-])OCC[N+](C)(C)C)C(O)/C=C/CC/C=C/CCCCCC. The average molecular weight is 709 g/mol. The van der Waals surface area contributed by atoms with Gasteiger partial charge in [0.05, 0.1) is 39.9 Å². The van der Waals surface area contributed by atoms with Crippen molar-refractivity contribution in [1.29, 1.82) is 0 Å². The van der Waals surface area contributed by atoms with Crippen LogP contribution in [-0.2, 0) is 18.4 Å². The maximum atomic E-state index is 12.8. The number of hydrogen-bond acceptors (Lipinski definition) is 6. The Morgan fingerprint density at radius 2 is 1.27 bits per heavy atom. The maximum Gasteiger partial charge on any atom is 0.268 e. The predicted molar refractivity (Wildman–Crippen MR) is 205 cm³/mol. The molecule has 0 aliphatic carbocycles. The number of unbranched alkanes of at least 4 members (excludes halogenated alkanes) is 12. The number of allylic oxidation sites excluding steroid dienone is 9. The van der Waals surface area contributed by atoms with Gasteiger partial charge in [0.2, 0.25) is 5.91 Å². The third-order valence-corrected chi connectivity index (χ3v) is 8.93. The van der Waals surface area contributed by atoms with Crippen molar-refractivity contribution in [2.75, 3.05) is 40.9 Å². The molecule has 2 N–H and O–H groups in total. The van der Waals surface area contributed by atoms with Crippen molar-refractivity contribution in [2.24, 2.45) is 0 Å². The Bertz CT molecular complexity index is 986. The first kappa shape index (κ1) is 47.2. The van der Waals surface area contributed by atoms with Crippen LogP contribution in [0.15, 0.2) is 60.8 Å². The van der Waals surface area contributed by atoms with Crippen LogP contribution in [0.3, 0.4) is 0 Å². The lowest BCUT2D eigenvalue weighted by atomic mass is 10.1. The Kier molecular flexibility index (Phi) is 31.0. The Labute approximate surface area is 301 Å². The molecule has 0 fully saturated rings. The maximum absolute atomic E-state index is 12.8. The van der Waals surface area contributed by atoms with Crippen LogP contribution in [0.25, 0.3) is 0 Å². The van der Waals surface area contributed by atoms with Gasteiger partial charge in [0.1, 0.15) is 13.2 Å². The van der Waals surface area contributed by atoms with Gasteiger partial charge in [0.25, 0.3) is 7.82 Å². The van der Waals surface area contributed by atoms with E-state index in [1.165, 1.54) is 44.9 Å². The Morgan fingerprint density at radius 3 is 1.90 bits per heavy atom. The van der Waals surface area contributed by atoms with Gasteiger partial charge in [-0.25, -0.2) is 0 Å². The lowest BCUT2D eigenvalue weighted by Crippen LogP contribution is -2.45. The Morgan fingerprint density at radius 1 is 0.735 bits per heavy atom. The standard InChI is InChI=1S/C40H73N2O6P/c1-6-8-10-12-14-16-18-19-20-21-22-23-24-26-28-30-32-34-40(44)41-38(37-48-49(45,46)47-36-35-42(3,4)5)39(43)33-31-29-27-25-17-15-13-11-9-7-2/h8,10,14,16-17,19-20,25,31,33,38-39,43H,6-7,9,11-13,15,18,21-24,26-30,32,34-37H2,1-5H3,(H-,41,44,45,46)/b10-8-,16-14-,20-19-,25-17+,33-31+. The second-order valence-electron chi connectivity index (χ2n) is 13.9. The number of carbonyl (C=O) groups excluding carboxylic acids is 1. The lowest BCUT2D eigenvalue weighted by Gasteiger charge is -2.29. The molecule has 9 heteroatoms. The van der Waals surface area contributed by atoms with Crippen LogP contribution in [-0.4, -0.2) is 68.5 Å². The van der Waals surface area contributed by atoms with E-state index in [-0.39, 0.29) is 12.5 Å². The highest BCUT2D eigenvalue weighted by atomic mass is 31.2. The van der Waals surface area contributed by atoms with E-state index in [1.54, 1.807) is 6.08 Å². The quantitative estimate of drug-likeness (QED) is 0.0305. The molecule has 0 spiro atoms. The van der Waals surface area contributed by atoms with Crippen molar-refractivity contribution in [3.05, 3.63) is 60.8 Å². The summed E-state index contributed by atoms with van der Waals surface area (Å²) < 4.78 is 23.0. The number of phosphoric acid groups is 1.